The molecule has 0 radical (unpaired) electrons. The lowest BCUT2D eigenvalue weighted by Gasteiger charge is -2.43. The van der Waals surface area contributed by atoms with E-state index < -0.39 is 11.8 Å². The number of nitrogens with zero attached hydrogens (tertiary/aromatic N) is 5. The van der Waals surface area contributed by atoms with Crippen LogP contribution in [0.15, 0.2) is 30.7 Å². The SMILES string of the molecule is Cc1cn2cc(NC(=O)N3CCc4c(N5CC6COCC(C5)N6)ccnc43)c(F)cc2n1. The summed E-state index contributed by atoms with van der Waals surface area (Å²) in [4.78, 5) is 25.8. The van der Waals surface area contributed by atoms with Crippen LogP contribution in [0.1, 0.15) is 11.3 Å². The molecule has 3 aliphatic heterocycles. The molecule has 2 N–H and O–H groups in total. The van der Waals surface area contributed by atoms with Gasteiger partial charge in [0.1, 0.15) is 11.5 Å². The van der Waals surface area contributed by atoms with Gasteiger partial charge in [-0.25, -0.2) is 19.2 Å². The predicted molar refractivity (Wildman–Crippen MR) is 118 cm³/mol. The van der Waals surface area contributed by atoms with Gasteiger partial charge in [0.2, 0.25) is 0 Å². The second kappa shape index (κ2) is 7.42. The van der Waals surface area contributed by atoms with Crippen LogP contribution in [0.5, 0.6) is 0 Å². The number of hydrogen-bond acceptors (Lipinski definition) is 6. The summed E-state index contributed by atoms with van der Waals surface area (Å²) >= 11 is 0. The first kappa shape index (κ1) is 19.4. The monoisotopic (exact) mass is 437 g/mol. The summed E-state index contributed by atoms with van der Waals surface area (Å²) in [5.41, 5.74) is 3.57. The minimum atomic E-state index is -0.521. The van der Waals surface area contributed by atoms with Gasteiger partial charge in [-0.2, -0.15) is 0 Å². The molecule has 2 amide bonds. The lowest BCUT2D eigenvalue weighted by atomic mass is 10.1. The number of imidazole rings is 1. The smallest absolute Gasteiger partial charge is 0.327 e. The summed E-state index contributed by atoms with van der Waals surface area (Å²) in [5.74, 6) is 0.118. The fourth-order valence-electron chi connectivity index (χ4n) is 4.98. The lowest BCUT2D eigenvalue weighted by Crippen LogP contribution is -2.63. The number of halogens is 1. The first-order chi connectivity index (χ1) is 15.5. The van der Waals surface area contributed by atoms with Crippen molar-refractivity contribution in [1.82, 2.24) is 19.7 Å². The first-order valence-electron chi connectivity index (χ1n) is 10.8. The Kier molecular flexibility index (Phi) is 4.51. The van der Waals surface area contributed by atoms with Crippen LogP contribution < -0.4 is 20.4 Å². The normalized spacial score (nSPS) is 22.3. The Balaban J connectivity index is 1.25. The minimum Gasteiger partial charge on any atom is -0.378 e. The maximum Gasteiger partial charge on any atom is 0.327 e. The molecule has 0 spiro atoms. The van der Waals surface area contributed by atoms with E-state index >= 15 is 0 Å². The Labute approximate surface area is 184 Å². The number of hydrogen-bond donors (Lipinski definition) is 2. The second-order valence-corrected chi connectivity index (χ2v) is 8.65. The molecule has 9 nitrogen and oxygen atoms in total. The average molecular weight is 437 g/mol. The number of nitrogens with one attached hydrogen (secondary N) is 2. The number of fused-ring (bicyclic) bond motifs is 4. The fourth-order valence-corrected chi connectivity index (χ4v) is 4.98. The van der Waals surface area contributed by atoms with Gasteiger partial charge in [0.25, 0.3) is 0 Å². The number of aromatic nitrogens is 3. The van der Waals surface area contributed by atoms with Crippen molar-refractivity contribution in [2.24, 2.45) is 0 Å². The first-order valence-corrected chi connectivity index (χ1v) is 10.8. The van der Waals surface area contributed by atoms with Crippen LogP contribution in [-0.4, -0.2) is 65.3 Å². The van der Waals surface area contributed by atoms with Crippen LogP contribution >= 0.6 is 0 Å². The summed E-state index contributed by atoms with van der Waals surface area (Å²) in [7, 11) is 0. The molecule has 0 saturated carbocycles. The van der Waals surface area contributed by atoms with E-state index in [9.17, 15) is 9.18 Å². The maximum atomic E-state index is 14.6. The van der Waals surface area contributed by atoms with E-state index in [-0.39, 0.29) is 5.69 Å². The Morgan fingerprint density at radius 1 is 1.28 bits per heavy atom. The number of carbonyl (C=O) groups excluding carboxylic acids is 1. The van der Waals surface area contributed by atoms with Crippen LogP contribution in [-0.2, 0) is 11.2 Å². The van der Waals surface area contributed by atoms with Gasteiger partial charge in [0.15, 0.2) is 5.82 Å². The van der Waals surface area contributed by atoms with E-state index in [2.05, 4.69) is 25.5 Å². The Morgan fingerprint density at radius 2 is 2.09 bits per heavy atom. The van der Waals surface area contributed by atoms with Gasteiger partial charge in [0, 0.05) is 67.6 Å². The summed E-state index contributed by atoms with van der Waals surface area (Å²) < 4.78 is 21.9. The third-order valence-corrected chi connectivity index (χ3v) is 6.33. The number of carbonyl (C=O) groups is 1. The van der Waals surface area contributed by atoms with Gasteiger partial charge in [-0.3, -0.25) is 4.90 Å². The van der Waals surface area contributed by atoms with Crippen LogP contribution in [0.2, 0.25) is 0 Å². The molecular weight excluding hydrogens is 413 g/mol. The molecule has 10 heteroatoms. The van der Waals surface area contributed by atoms with Gasteiger partial charge in [-0.05, 0) is 19.4 Å². The number of pyridine rings is 2. The maximum absolute atomic E-state index is 14.6. The summed E-state index contributed by atoms with van der Waals surface area (Å²) in [5, 5.41) is 6.30. The van der Waals surface area contributed by atoms with E-state index in [1.54, 1.807) is 27.9 Å². The largest absolute Gasteiger partial charge is 0.378 e. The molecule has 3 aliphatic rings. The molecule has 2 atom stereocenters. The van der Waals surface area contributed by atoms with Crippen molar-refractivity contribution in [3.8, 4) is 0 Å². The lowest BCUT2D eigenvalue weighted by molar-refractivity contribution is 0.0375. The van der Waals surface area contributed by atoms with Crippen LogP contribution in [0.3, 0.4) is 0 Å². The summed E-state index contributed by atoms with van der Waals surface area (Å²) in [6.07, 6.45) is 5.79. The van der Waals surface area contributed by atoms with Gasteiger partial charge in [0.05, 0.1) is 24.6 Å². The highest BCUT2D eigenvalue weighted by molar-refractivity contribution is 6.03. The molecule has 32 heavy (non-hydrogen) atoms. The van der Waals surface area contributed by atoms with Crippen molar-refractivity contribution < 1.29 is 13.9 Å². The Bertz CT molecular complexity index is 1200. The number of ether oxygens (including phenoxy) is 1. The predicted octanol–water partition coefficient (Wildman–Crippen LogP) is 1.95. The van der Waals surface area contributed by atoms with E-state index in [0.29, 0.717) is 49.7 Å². The van der Waals surface area contributed by atoms with Crippen LogP contribution in [0, 0.1) is 12.7 Å². The van der Waals surface area contributed by atoms with Crippen LogP contribution in [0.25, 0.3) is 5.65 Å². The number of rotatable bonds is 2. The zero-order valence-electron chi connectivity index (χ0n) is 17.7. The number of piperazine rings is 1. The zero-order chi connectivity index (χ0) is 21.8. The standard InChI is InChI=1S/C22H24FN7O2/c1-13-7-29-10-18(17(23)6-20(29)25-13)27-22(31)30-5-3-16-19(2-4-24-21(16)30)28-8-14-11-32-12-15(9-28)26-14/h2,4,6-7,10,14-15,26H,3,5,8-9,11-12H2,1H3,(H,27,31). The van der Waals surface area contributed by atoms with Crippen molar-refractivity contribution >= 4 is 28.9 Å². The summed E-state index contributed by atoms with van der Waals surface area (Å²) in [6.45, 7) is 5.47. The highest BCUT2D eigenvalue weighted by atomic mass is 19.1. The number of amides is 2. The molecule has 2 saturated heterocycles. The fraction of sp³-hybridized carbons (Fsp3) is 0.409. The molecule has 2 unspecified atom stereocenters. The Morgan fingerprint density at radius 3 is 2.91 bits per heavy atom. The van der Waals surface area contributed by atoms with E-state index in [1.807, 2.05) is 13.0 Å². The molecule has 6 rings (SSSR count). The number of morpholine rings is 1. The Hall–Kier alpha value is -3.24. The minimum absolute atomic E-state index is 0.111. The van der Waals surface area contributed by atoms with Crippen molar-refractivity contribution in [2.45, 2.75) is 25.4 Å². The van der Waals surface area contributed by atoms with Gasteiger partial charge in [-0.15, -0.1) is 0 Å². The molecule has 6 heterocycles. The highest BCUT2D eigenvalue weighted by Crippen LogP contribution is 2.35. The van der Waals surface area contributed by atoms with Gasteiger partial charge in [-0.1, -0.05) is 0 Å². The molecule has 0 aromatic carbocycles. The topological polar surface area (TPSA) is 87.0 Å². The number of aryl methyl sites for hydroxylation is 1. The molecule has 0 aliphatic carbocycles. The third kappa shape index (κ3) is 3.26. The van der Waals surface area contributed by atoms with Crippen molar-refractivity contribution in [3.05, 3.63) is 47.8 Å². The molecule has 166 valence electrons. The van der Waals surface area contributed by atoms with E-state index in [0.717, 1.165) is 30.0 Å². The average Bonchev–Trinajstić information content (AvgIpc) is 3.36. The zero-order valence-corrected chi connectivity index (χ0v) is 17.7. The molecule has 2 bridgehead atoms. The van der Waals surface area contributed by atoms with Crippen molar-refractivity contribution in [2.75, 3.05) is 48.0 Å². The molecule has 3 aromatic rings. The third-order valence-electron chi connectivity index (χ3n) is 6.33. The molecule has 3 aromatic heterocycles. The quantitative estimate of drug-likeness (QED) is 0.637. The van der Waals surface area contributed by atoms with E-state index in [1.165, 1.54) is 6.07 Å². The second-order valence-electron chi connectivity index (χ2n) is 8.65. The number of anilines is 3. The van der Waals surface area contributed by atoms with E-state index in [4.69, 9.17) is 4.74 Å². The molecule has 2 fully saturated rings. The van der Waals surface area contributed by atoms with Gasteiger partial charge >= 0.3 is 6.03 Å². The number of urea groups is 1. The van der Waals surface area contributed by atoms with Crippen molar-refractivity contribution in [1.29, 1.82) is 0 Å². The summed E-state index contributed by atoms with van der Waals surface area (Å²) in [6, 6.07) is 3.56. The molecular formula is C22H24FN7O2. The van der Waals surface area contributed by atoms with Crippen molar-refractivity contribution in [3.63, 3.8) is 0 Å². The highest BCUT2D eigenvalue weighted by Gasteiger charge is 2.34. The van der Waals surface area contributed by atoms with Crippen LogP contribution in [0.4, 0.5) is 26.4 Å². The van der Waals surface area contributed by atoms with Gasteiger partial charge < -0.3 is 24.7 Å².